The molecule has 0 N–H and O–H groups in total. The number of benzene rings is 2. The molecule has 21 heavy (non-hydrogen) atoms. The van der Waals surface area contributed by atoms with Crippen LogP contribution >= 0.6 is 0 Å². The van der Waals surface area contributed by atoms with Crippen LogP contribution in [0.2, 0.25) is 0 Å². The summed E-state index contributed by atoms with van der Waals surface area (Å²) in [6.07, 6.45) is 2.74. The lowest BCUT2D eigenvalue weighted by molar-refractivity contribution is 0.600. The zero-order valence-electron chi connectivity index (χ0n) is 11.7. The lowest BCUT2D eigenvalue weighted by Crippen LogP contribution is -2.24. The quantitative estimate of drug-likeness (QED) is 0.815. The number of aliphatic imine (C=N–C) groups is 1. The van der Waals surface area contributed by atoms with Crippen molar-refractivity contribution < 1.29 is 12.8 Å². The zero-order chi connectivity index (χ0) is 15.5. The Morgan fingerprint density at radius 3 is 2.43 bits per heavy atom. The predicted molar refractivity (Wildman–Crippen MR) is 83.3 cm³/mol. The minimum atomic E-state index is -3.30. The van der Waals surface area contributed by atoms with Gasteiger partial charge in [-0.2, -0.15) is 0 Å². The van der Waals surface area contributed by atoms with E-state index >= 15 is 0 Å². The van der Waals surface area contributed by atoms with Crippen molar-refractivity contribution in [3.05, 3.63) is 59.9 Å². The largest absolute Gasteiger partial charge is 0.273 e. The van der Waals surface area contributed by atoms with Crippen LogP contribution in [0, 0.1) is 5.82 Å². The molecule has 0 aromatic heterocycles. The molecule has 6 heteroatoms. The van der Waals surface area contributed by atoms with Crippen molar-refractivity contribution in [3.8, 4) is 0 Å². The molecule has 0 amide bonds. The van der Waals surface area contributed by atoms with Crippen LogP contribution in [0.3, 0.4) is 0 Å². The van der Waals surface area contributed by atoms with E-state index in [1.54, 1.807) is 42.6 Å². The first-order valence-electron chi connectivity index (χ1n) is 6.20. The van der Waals surface area contributed by atoms with Crippen molar-refractivity contribution in [3.63, 3.8) is 0 Å². The van der Waals surface area contributed by atoms with Gasteiger partial charge in [0.05, 0.1) is 17.6 Å². The summed E-state index contributed by atoms with van der Waals surface area (Å²) in [5.41, 5.74) is 1.91. The first-order valence-corrected chi connectivity index (χ1v) is 8.05. The van der Waals surface area contributed by atoms with Gasteiger partial charge in [-0.05, 0) is 35.9 Å². The zero-order valence-corrected chi connectivity index (χ0v) is 12.5. The SMILES string of the molecule is CN(c1cccc(N=Cc2ccc(F)cc2)c1)S(C)(=O)=O. The van der Waals surface area contributed by atoms with Crippen LogP contribution in [-0.4, -0.2) is 27.9 Å². The second-order valence-corrected chi connectivity index (χ2v) is 6.57. The highest BCUT2D eigenvalue weighted by Crippen LogP contribution is 2.22. The number of halogens is 1. The number of anilines is 1. The Bertz CT molecular complexity index is 755. The predicted octanol–water partition coefficient (Wildman–Crippen LogP) is 2.97. The first-order chi connectivity index (χ1) is 9.86. The molecule has 0 unspecified atom stereocenters. The van der Waals surface area contributed by atoms with Gasteiger partial charge in [-0.15, -0.1) is 0 Å². The van der Waals surface area contributed by atoms with Crippen molar-refractivity contribution in [2.75, 3.05) is 17.6 Å². The Morgan fingerprint density at radius 1 is 1.14 bits per heavy atom. The molecule has 2 rings (SSSR count). The third-order valence-electron chi connectivity index (χ3n) is 2.92. The Labute approximate surface area is 123 Å². The summed E-state index contributed by atoms with van der Waals surface area (Å²) in [4.78, 5) is 4.26. The van der Waals surface area contributed by atoms with E-state index in [2.05, 4.69) is 4.99 Å². The van der Waals surface area contributed by atoms with Gasteiger partial charge in [0.2, 0.25) is 10.0 Å². The van der Waals surface area contributed by atoms with Crippen LogP contribution in [-0.2, 0) is 10.0 Å². The van der Waals surface area contributed by atoms with E-state index in [9.17, 15) is 12.8 Å². The van der Waals surface area contributed by atoms with Crippen molar-refractivity contribution >= 4 is 27.6 Å². The van der Waals surface area contributed by atoms with Gasteiger partial charge >= 0.3 is 0 Å². The second kappa shape index (κ2) is 6.05. The summed E-state index contributed by atoms with van der Waals surface area (Å²) in [5.74, 6) is -0.302. The van der Waals surface area contributed by atoms with Crippen LogP contribution in [0.5, 0.6) is 0 Å². The van der Waals surface area contributed by atoms with E-state index < -0.39 is 10.0 Å². The highest BCUT2D eigenvalue weighted by Gasteiger charge is 2.11. The fourth-order valence-corrected chi connectivity index (χ4v) is 2.16. The molecule has 0 fully saturated rings. The van der Waals surface area contributed by atoms with Crippen molar-refractivity contribution in [1.29, 1.82) is 0 Å². The van der Waals surface area contributed by atoms with Gasteiger partial charge in [-0.3, -0.25) is 9.30 Å². The fraction of sp³-hybridized carbons (Fsp3) is 0.133. The molecule has 0 spiro atoms. The molecule has 0 bridgehead atoms. The molecule has 0 atom stereocenters. The Hall–Kier alpha value is -2.21. The average molecular weight is 306 g/mol. The number of sulfonamides is 1. The highest BCUT2D eigenvalue weighted by molar-refractivity contribution is 7.92. The van der Waals surface area contributed by atoms with Crippen molar-refractivity contribution in [1.82, 2.24) is 0 Å². The van der Waals surface area contributed by atoms with Crippen LogP contribution < -0.4 is 4.31 Å². The Morgan fingerprint density at radius 2 is 1.81 bits per heavy atom. The molecule has 0 heterocycles. The van der Waals surface area contributed by atoms with Crippen molar-refractivity contribution in [2.24, 2.45) is 4.99 Å². The molecule has 110 valence electrons. The average Bonchev–Trinajstić information content (AvgIpc) is 2.45. The molecule has 0 radical (unpaired) electrons. The topological polar surface area (TPSA) is 49.7 Å². The number of hydrogen-bond acceptors (Lipinski definition) is 3. The van der Waals surface area contributed by atoms with E-state index in [1.165, 1.54) is 23.5 Å². The van der Waals surface area contributed by atoms with Crippen LogP contribution in [0.15, 0.2) is 53.5 Å². The smallest absolute Gasteiger partial charge is 0.231 e. The summed E-state index contributed by atoms with van der Waals surface area (Å²) >= 11 is 0. The van der Waals surface area contributed by atoms with Crippen molar-refractivity contribution in [2.45, 2.75) is 0 Å². The van der Waals surface area contributed by atoms with E-state index in [1.807, 2.05) is 0 Å². The summed E-state index contributed by atoms with van der Waals surface area (Å²) < 4.78 is 37.0. The standard InChI is InChI=1S/C15H15FN2O2S/c1-18(21(2,19)20)15-5-3-4-14(10-15)17-11-12-6-8-13(16)9-7-12/h3-11H,1-2H3. The van der Waals surface area contributed by atoms with Gasteiger partial charge in [-0.25, -0.2) is 12.8 Å². The molecule has 2 aromatic rings. The lowest BCUT2D eigenvalue weighted by atomic mass is 10.2. The lowest BCUT2D eigenvalue weighted by Gasteiger charge is -2.16. The molecule has 0 saturated carbocycles. The van der Waals surface area contributed by atoms with Gasteiger partial charge in [0, 0.05) is 13.3 Å². The number of nitrogens with zero attached hydrogens (tertiary/aromatic N) is 2. The molecule has 2 aromatic carbocycles. The summed E-state index contributed by atoms with van der Waals surface area (Å²) in [7, 11) is -1.82. The molecule has 0 aliphatic carbocycles. The van der Waals surface area contributed by atoms with Gasteiger partial charge in [0.1, 0.15) is 5.82 Å². The van der Waals surface area contributed by atoms with Gasteiger partial charge in [-0.1, -0.05) is 18.2 Å². The normalized spacial score (nSPS) is 11.8. The Balaban J connectivity index is 2.24. The van der Waals surface area contributed by atoms with E-state index in [4.69, 9.17) is 0 Å². The third kappa shape index (κ3) is 4.13. The fourth-order valence-electron chi connectivity index (χ4n) is 1.66. The maximum Gasteiger partial charge on any atom is 0.231 e. The van der Waals surface area contributed by atoms with E-state index in [-0.39, 0.29) is 5.82 Å². The molecular weight excluding hydrogens is 291 g/mol. The summed E-state index contributed by atoms with van der Waals surface area (Å²) in [6.45, 7) is 0. The minimum absolute atomic E-state index is 0.302. The maximum absolute atomic E-state index is 12.8. The summed E-state index contributed by atoms with van der Waals surface area (Å²) in [5, 5.41) is 0. The monoisotopic (exact) mass is 306 g/mol. The molecule has 0 aliphatic rings. The molecule has 4 nitrogen and oxygen atoms in total. The molecular formula is C15H15FN2O2S. The van der Waals surface area contributed by atoms with E-state index in [0.29, 0.717) is 11.4 Å². The van der Waals surface area contributed by atoms with Gasteiger partial charge in [0.25, 0.3) is 0 Å². The number of rotatable bonds is 4. The Kier molecular flexibility index (Phi) is 4.37. The highest BCUT2D eigenvalue weighted by atomic mass is 32.2. The second-order valence-electron chi connectivity index (χ2n) is 4.56. The molecule has 0 aliphatic heterocycles. The van der Waals surface area contributed by atoms with Crippen LogP contribution in [0.1, 0.15) is 5.56 Å². The van der Waals surface area contributed by atoms with Crippen LogP contribution in [0.4, 0.5) is 15.8 Å². The minimum Gasteiger partial charge on any atom is -0.273 e. The first kappa shape index (κ1) is 15.2. The van der Waals surface area contributed by atoms with Crippen LogP contribution in [0.25, 0.3) is 0 Å². The molecule has 0 saturated heterocycles. The maximum atomic E-state index is 12.8. The van der Waals surface area contributed by atoms with Gasteiger partial charge < -0.3 is 0 Å². The van der Waals surface area contributed by atoms with E-state index in [0.717, 1.165) is 11.8 Å². The van der Waals surface area contributed by atoms with Gasteiger partial charge in [0.15, 0.2) is 0 Å². The number of hydrogen-bond donors (Lipinski definition) is 0. The third-order valence-corrected chi connectivity index (χ3v) is 4.13. The summed E-state index contributed by atoms with van der Waals surface area (Å²) in [6, 6.07) is 12.8.